The maximum atomic E-state index is 13.7. The number of nitrogens with zero attached hydrogens (tertiary/aromatic N) is 2. The van der Waals surface area contributed by atoms with Crippen LogP contribution in [0.4, 0.5) is 13.2 Å². The predicted molar refractivity (Wildman–Crippen MR) is 125 cm³/mol. The summed E-state index contributed by atoms with van der Waals surface area (Å²) in [4.78, 5) is 13.8. The number of piperazine rings is 1. The topological polar surface area (TPSA) is 77.9 Å². The molecule has 35 heavy (non-hydrogen) atoms. The third-order valence-corrected chi connectivity index (χ3v) is 9.18. The first-order chi connectivity index (χ1) is 16.4. The molecule has 1 heterocycles. The van der Waals surface area contributed by atoms with Crippen LogP contribution in [0.5, 0.6) is 0 Å². The molecule has 2 aliphatic rings. The van der Waals surface area contributed by atoms with Gasteiger partial charge in [0.15, 0.2) is 0 Å². The number of halogens is 3. The molecule has 0 bridgehead atoms. The fourth-order valence-corrected chi connectivity index (χ4v) is 7.45. The van der Waals surface area contributed by atoms with Gasteiger partial charge in [-0.2, -0.15) is 17.5 Å². The lowest BCUT2D eigenvalue weighted by molar-refractivity contribution is -0.141. The number of benzene rings is 2. The van der Waals surface area contributed by atoms with Crippen LogP contribution in [0.15, 0.2) is 47.4 Å². The van der Waals surface area contributed by atoms with Crippen molar-refractivity contribution in [3.05, 3.63) is 64.7 Å². The van der Waals surface area contributed by atoms with E-state index in [0.29, 0.717) is 38.0 Å². The molecule has 0 radical (unpaired) electrons. The lowest BCUT2D eigenvalue weighted by atomic mass is 10.1. The minimum Gasteiger partial charge on any atom is -0.481 e. The van der Waals surface area contributed by atoms with Crippen LogP contribution in [0.3, 0.4) is 0 Å². The smallest absolute Gasteiger partial charge is 0.416 e. The van der Waals surface area contributed by atoms with Gasteiger partial charge in [0, 0.05) is 31.7 Å². The van der Waals surface area contributed by atoms with Gasteiger partial charge in [-0.05, 0) is 68.0 Å². The first-order valence-corrected chi connectivity index (χ1v) is 13.1. The Bertz CT molecular complexity index is 1190. The average molecular weight is 511 g/mol. The highest BCUT2D eigenvalue weighted by molar-refractivity contribution is 7.89. The van der Waals surface area contributed by atoms with E-state index < -0.39 is 33.7 Å². The highest BCUT2D eigenvalue weighted by Gasteiger charge is 2.41. The van der Waals surface area contributed by atoms with Gasteiger partial charge in [0.05, 0.1) is 16.4 Å². The molecule has 1 fully saturated rings. The number of carboxylic acid groups (broad SMARTS) is 1. The molecule has 1 saturated heterocycles. The molecule has 2 aromatic carbocycles. The van der Waals surface area contributed by atoms with Gasteiger partial charge in [-0.1, -0.05) is 24.3 Å². The molecule has 4 rings (SSSR count). The fourth-order valence-electron chi connectivity index (χ4n) is 5.37. The van der Waals surface area contributed by atoms with Crippen molar-refractivity contribution in [2.45, 2.75) is 56.3 Å². The summed E-state index contributed by atoms with van der Waals surface area (Å²) in [6, 6.07) is 9.53. The molecule has 1 N–H and O–H groups in total. The molecular weight excluding hydrogens is 481 g/mol. The van der Waals surface area contributed by atoms with Gasteiger partial charge in [-0.25, -0.2) is 8.42 Å². The first kappa shape index (κ1) is 25.7. The Morgan fingerprint density at radius 3 is 2.23 bits per heavy atom. The Kier molecular flexibility index (Phi) is 7.00. The molecule has 6 nitrogen and oxygen atoms in total. The van der Waals surface area contributed by atoms with Crippen LogP contribution < -0.4 is 0 Å². The molecule has 10 heteroatoms. The third kappa shape index (κ3) is 5.24. The molecule has 0 spiro atoms. The largest absolute Gasteiger partial charge is 0.481 e. The number of carboxylic acids is 1. The summed E-state index contributed by atoms with van der Waals surface area (Å²) >= 11 is 0. The molecule has 2 aromatic rings. The van der Waals surface area contributed by atoms with Crippen LogP contribution in [0.1, 0.15) is 36.1 Å². The predicted octanol–water partition coefficient (Wildman–Crippen LogP) is 3.83. The van der Waals surface area contributed by atoms with Crippen molar-refractivity contribution in [2.75, 3.05) is 19.6 Å². The van der Waals surface area contributed by atoms with Crippen molar-refractivity contribution in [3.8, 4) is 0 Å². The van der Waals surface area contributed by atoms with E-state index in [1.165, 1.54) is 16.4 Å². The van der Waals surface area contributed by atoms with Crippen LogP contribution in [0.2, 0.25) is 0 Å². The van der Waals surface area contributed by atoms with Gasteiger partial charge in [0.1, 0.15) is 0 Å². The van der Waals surface area contributed by atoms with Crippen molar-refractivity contribution >= 4 is 16.0 Å². The van der Waals surface area contributed by atoms with E-state index in [-0.39, 0.29) is 23.4 Å². The summed E-state index contributed by atoms with van der Waals surface area (Å²) in [5.74, 6) is -1.54. The number of rotatable bonds is 6. The van der Waals surface area contributed by atoms with Crippen LogP contribution in [0, 0.1) is 5.92 Å². The van der Waals surface area contributed by atoms with Gasteiger partial charge in [-0.3, -0.25) is 9.69 Å². The lowest BCUT2D eigenvalue weighted by Crippen LogP contribution is -2.58. The fraction of sp³-hybridized carbons (Fsp3) is 0.480. The lowest BCUT2D eigenvalue weighted by Gasteiger charge is -2.43. The van der Waals surface area contributed by atoms with Gasteiger partial charge in [-0.15, -0.1) is 0 Å². The minimum atomic E-state index is -4.36. The Morgan fingerprint density at radius 2 is 1.66 bits per heavy atom. The first-order valence-electron chi connectivity index (χ1n) is 11.6. The zero-order valence-corrected chi connectivity index (χ0v) is 20.4. The summed E-state index contributed by atoms with van der Waals surface area (Å²) in [6.07, 6.45) is -3.27. The normalized spacial score (nSPS) is 23.9. The SMILES string of the molecule is C[C@@H]1CN(CCc2ccc(C(F)(F)F)cc2)C[C@H](C)N1S(=O)(=O)c1cccc2c1CC(C(=O)O)C2. The second-order valence-corrected chi connectivity index (χ2v) is 11.4. The number of hydrogen-bond donors (Lipinski definition) is 1. The molecule has 0 aromatic heterocycles. The number of hydrogen-bond acceptors (Lipinski definition) is 4. The molecule has 0 amide bonds. The van der Waals surface area contributed by atoms with E-state index in [4.69, 9.17) is 0 Å². The molecule has 1 aliphatic carbocycles. The van der Waals surface area contributed by atoms with Crippen LogP contribution >= 0.6 is 0 Å². The highest BCUT2D eigenvalue weighted by atomic mass is 32.2. The Balaban J connectivity index is 1.45. The maximum Gasteiger partial charge on any atom is 0.416 e. The number of fused-ring (bicyclic) bond motifs is 1. The van der Waals surface area contributed by atoms with Crippen LogP contribution in [0.25, 0.3) is 0 Å². The minimum absolute atomic E-state index is 0.190. The monoisotopic (exact) mass is 510 g/mol. The summed E-state index contributed by atoms with van der Waals surface area (Å²) in [5, 5.41) is 9.41. The van der Waals surface area contributed by atoms with E-state index in [1.807, 2.05) is 13.8 Å². The molecule has 190 valence electrons. The summed E-state index contributed by atoms with van der Waals surface area (Å²) in [6.45, 7) is 5.30. The average Bonchev–Trinajstić information content (AvgIpc) is 3.21. The van der Waals surface area contributed by atoms with E-state index in [1.54, 1.807) is 18.2 Å². The van der Waals surface area contributed by atoms with E-state index in [0.717, 1.165) is 23.3 Å². The number of carbonyl (C=O) groups is 1. The molecule has 3 atom stereocenters. The summed E-state index contributed by atoms with van der Waals surface area (Å²) < 4.78 is 67.3. The van der Waals surface area contributed by atoms with Crippen molar-refractivity contribution in [3.63, 3.8) is 0 Å². The van der Waals surface area contributed by atoms with E-state index in [9.17, 15) is 31.5 Å². The van der Waals surface area contributed by atoms with Crippen molar-refractivity contribution < 1.29 is 31.5 Å². The highest BCUT2D eigenvalue weighted by Crippen LogP contribution is 2.35. The third-order valence-electron chi connectivity index (χ3n) is 6.96. The summed E-state index contributed by atoms with van der Waals surface area (Å²) in [7, 11) is -3.84. The van der Waals surface area contributed by atoms with E-state index in [2.05, 4.69) is 4.90 Å². The van der Waals surface area contributed by atoms with Gasteiger partial charge >= 0.3 is 12.1 Å². The van der Waals surface area contributed by atoms with Crippen molar-refractivity contribution in [1.29, 1.82) is 0 Å². The Hall–Kier alpha value is -2.43. The van der Waals surface area contributed by atoms with Crippen LogP contribution in [-0.4, -0.2) is 60.4 Å². The van der Waals surface area contributed by atoms with Crippen molar-refractivity contribution in [1.82, 2.24) is 9.21 Å². The number of alkyl halides is 3. The van der Waals surface area contributed by atoms with E-state index >= 15 is 0 Å². The van der Waals surface area contributed by atoms with Gasteiger partial charge in [0.2, 0.25) is 10.0 Å². The number of aliphatic carboxylic acids is 1. The zero-order valence-electron chi connectivity index (χ0n) is 19.6. The maximum absolute atomic E-state index is 13.7. The molecule has 0 saturated carbocycles. The molecule has 1 aliphatic heterocycles. The Morgan fingerprint density at radius 1 is 1.03 bits per heavy atom. The van der Waals surface area contributed by atoms with Gasteiger partial charge in [0.25, 0.3) is 0 Å². The van der Waals surface area contributed by atoms with Crippen molar-refractivity contribution in [2.24, 2.45) is 5.92 Å². The zero-order chi connectivity index (χ0) is 25.5. The summed E-state index contributed by atoms with van der Waals surface area (Å²) in [5.41, 5.74) is 1.49. The van der Waals surface area contributed by atoms with Gasteiger partial charge < -0.3 is 5.11 Å². The quantitative estimate of drug-likeness (QED) is 0.639. The second-order valence-electron chi connectivity index (χ2n) is 9.57. The molecular formula is C25H29F3N2O4S. The Labute approximate surface area is 203 Å². The second kappa shape index (κ2) is 9.55. The molecule has 1 unspecified atom stereocenters. The standard InChI is InChI=1S/C25H29F3N2O4S/c1-16-14-29(11-10-18-6-8-21(9-7-18)25(26,27)28)15-17(2)30(16)35(33,34)23-5-3-4-19-12-20(24(31)32)13-22(19)23/h3-9,16-17,20H,10-15H2,1-2H3,(H,31,32)/t16-,17+,20?. The van der Waals surface area contributed by atoms with Crippen LogP contribution in [-0.2, 0) is 40.3 Å². The number of sulfonamides is 1.